The van der Waals surface area contributed by atoms with Crippen LogP contribution in [0.1, 0.15) is 25.7 Å². The zero-order chi connectivity index (χ0) is 11.7. The number of anilines is 1. The van der Waals surface area contributed by atoms with Gasteiger partial charge in [-0.3, -0.25) is 4.90 Å². The lowest BCUT2D eigenvalue weighted by atomic mass is 9.99. The summed E-state index contributed by atoms with van der Waals surface area (Å²) in [5.74, 6) is -0.137. The monoisotopic (exact) mass is 234 g/mol. The second-order valence-electron chi connectivity index (χ2n) is 5.12. The van der Waals surface area contributed by atoms with Crippen molar-refractivity contribution >= 4 is 5.69 Å². The quantitative estimate of drug-likeness (QED) is 0.846. The topological polar surface area (TPSA) is 15.3 Å². The predicted octanol–water partition coefficient (Wildman–Crippen LogP) is 2.86. The summed E-state index contributed by atoms with van der Waals surface area (Å²) in [5.41, 5.74) is 0.657. The first-order valence-corrected chi connectivity index (χ1v) is 6.60. The fraction of sp³-hybridized carbons (Fsp3) is 0.571. The highest BCUT2D eigenvalue weighted by molar-refractivity contribution is 5.45. The molecule has 2 aliphatic heterocycles. The Morgan fingerprint density at radius 3 is 2.88 bits per heavy atom. The van der Waals surface area contributed by atoms with Crippen molar-refractivity contribution in [3.8, 4) is 0 Å². The van der Waals surface area contributed by atoms with E-state index in [2.05, 4.69) is 10.2 Å². The van der Waals surface area contributed by atoms with Crippen molar-refractivity contribution in [3.05, 3.63) is 30.1 Å². The summed E-state index contributed by atoms with van der Waals surface area (Å²) in [7, 11) is 0. The van der Waals surface area contributed by atoms with Crippen molar-refractivity contribution in [2.75, 3.05) is 18.4 Å². The number of halogens is 1. The second-order valence-corrected chi connectivity index (χ2v) is 5.12. The molecule has 2 saturated heterocycles. The molecule has 0 spiro atoms. The molecule has 2 heterocycles. The minimum atomic E-state index is -0.137. The van der Waals surface area contributed by atoms with Crippen molar-refractivity contribution in [1.29, 1.82) is 0 Å². The maximum Gasteiger partial charge on any atom is 0.146 e. The molecule has 17 heavy (non-hydrogen) atoms. The molecule has 1 aromatic carbocycles. The van der Waals surface area contributed by atoms with Crippen LogP contribution >= 0.6 is 0 Å². The van der Waals surface area contributed by atoms with Gasteiger partial charge in [0.05, 0.1) is 5.69 Å². The Morgan fingerprint density at radius 2 is 2.00 bits per heavy atom. The number of rotatable bonds is 2. The lowest BCUT2D eigenvalue weighted by molar-refractivity contribution is 0.192. The SMILES string of the molecule is Fc1ccccc1NC1CCN2CCCCC12. The van der Waals surface area contributed by atoms with Crippen molar-refractivity contribution in [2.45, 2.75) is 37.8 Å². The van der Waals surface area contributed by atoms with E-state index in [1.807, 2.05) is 12.1 Å². The van der Waals surface area contributed by atoms with E-state index in [0.29, 0.717) is 17.8 Å². The summed E-state index contributed by atoms with van der Waals surface area (Å²) in [4.78, 5) is 2.56. The van der Waals surface area contributed by atoms with Gasteiger partial charge in [0.25, 0.3) is 0 Å². The molecule has 2 atom stereocenters. The molecule has 2 fully saturated rings. The fourth-order valence-corrected chi connectivity index (χ4v) is 3.19. The standard InChI is InChI=1S/C14H19FN2/c15-11-5-1-2-6-12(11)16-13-8-10-17-9-4-3-7-14(13)17/h1-2,5-6,13-14,16H,3-4,7-10H2. The van der Waals surface area contributed by atoms with Crippen LogP contribution in [0.15, 0.2) is 24.3 Å². The molecule has 0 aliphatic carbocycles. The Balaban J connectivity index is 1.71. The van der Waals surface area contributed by atoms with E-state index in [-0.39, 0.29) is 5.82 Å². The van der Waals surface area contributed by atoms with Gasteiger partial charge in [-0.15, -0.1) is 0 Å². The Hall–Kier alpha value is -1.09. The first kappa shape index (κ1) is 11.0. The van der Waals surface area contributed by atoms with Gasteiger partial charge in [0.1, 0.15) is 5.82 Å². The molecule has 1 aromatic rings. The third-order valence-electron chi connectivity index (χ3n) is 4.07. The van der Waals surface area contributed by atoms with Crippen LogP contribution in [-0.4, -0.2) is 30.1 Å². The lowest BCUT2D eigenvalue weighted by Crippen LogP contribution is -2.41. The molecule has 0 saturated carbocycles. The van der Waals surface area contributed by atoms with E-state index in [9.17, 15) is 4.39 Å². The van der Waals surface area contributed by atoms with Crippen molar-refractivity contribution < 1.29 is 4.39 Å². The van der Waals surface area contributed by atoms with Gasteiger partial charge in [0, 0.05) is 18.6 Å². The Morgan fingerprint density at radius 1 is 1.12 bits per heavy atom. The molecule has 0 radical (unpaired) electrons. The third kappa shape index (κ3) is 2.16. The van der Waals surface area contributed by atoms with E-state index in [1.54, 1.807) is 6.07 Å². The summed E-state index contributed by atoms with van der Waals surface area (Å²) < 4.78 is 13.6. The average Bonchev–Trinajstić information content (AvgIpc) is 2.76. The Kier molecular flexibility index (Phi) is 3.02. The average molecular weight is 234 g/mol. The van der Waals surface area contributed by atoms with Crippen LogP contribution < -0.4 is 5.32 Å². The number of para-hydroxylation sites is 1. The summed E-state index contributed by atoms with van der Waals surface area (Å²) in [6, 6.07) is 8.02. The number of hydrogen-bond acceptors (Lipinski definition) is 2. The summed E-state index contributed by atoms with van der Waals surface area (Å²) >= 11 is 0. The third-order valence-corrected chi connectivity index (χ3v) is 4.07. The first-order chi connectivity index (χ1) is 8.34. The van der Waals surface area contributed by atoms with Crippen LogP contribution in [-0.2, 0) is 0 Å². The van der Waals surface area contributed by atoms with Gasteiger partial charge < -0.3 is 5.32 Å². The Bertz CT molecular complexity index is 394. The van der Waals surface area contributed by atoms with E-state index in [0.717, 1.165) is 13.0 Å². The number of hydrogen-bond donors (Lipinski definition) is 1. The molecule has 0 bridgehead atoms. The zero-order valence-electron chi connectivity index (χ0n) is 10.0. The predicted molar refractivity (Wildman–Crippen MR) is 67.6 cm³/mol. The largest absolute Gasteiger partial charge is 0.378 e. The second kappa shape index (κ2) is 4.65. The first-order valence-electron chi connectivity index (χ1n) is 6.60. The number of piperidine rings is 1. The highest BCUT2D eigenvalue weighted by atomic mass is 19.1. The molecule has 2 nitrogen and oxygen atoms in total. The molecule has 0 aromatic heterocycles. The van der Waals surface area contributed by atoms with Crippen LogP contribution in [0.2, 0.25) is 0 Å². The molecule has 92 valence electrons. The molecule has 3 rings (SSSR count). The van der Waals surface area contributed by atoms with E-state index < -0.39 is 0 Å². The highest BCUT2D eigenvalue weighted by Crippen LogP contribution is 2.29. The molecule has 3 heteroatoms. The van der Waals surface area contributed by atoms with Crippen molar-refractivity contribution in [1.82, 2.24) is 4.90 Å². The van der Waals surface area contributed by atoms with Gasteiger partial charge in [-0.2, -0.15) is 0 Å². The summed E-state index contributed by atoms with van der Waals surface area (Å²) in [5, 5.41) is 3.39. The van der Waals surface area contributed by atoms with Gasteiger partial charge in [-0.25, -0.2) is 4.39 Å². The molecule has 2 aliphatic rings. The normalized spacial score (nSPS) is 29.0. The summed E-state index contributed by atoms with van der Waals surface area (Å²) in [6.07, 6.45) is 5.03. The summed E-state index contributed by atoms with van der Waals surface area (Å²) in [6.45, 7) is 2.39. The minimum absolute atomic E-state index is 0.137. The van der Waals surface area contributed by atoms with Crippen LogP contribution in [0.4, 0.5) is 10.1 Å². The molecular weight excluding hydrogens is 215 g/mol. The van der Waals surface area contributed by atoms with Gasteiger partial charge in [0.2, 0.25) is 0 Å². The number of fused-ring (bicyclic) bond motifs is 1. The molecule has 2 unspecified atom stereocenters. The Labute approximate surface area is 102 Å². The van der Waals surface area contributed by atoms with Crippen LogP contribution in [0, 0.1) is 5.82 Å². The number of benzene rings is 1. The highest BCUT2D eigenvalue weighted by Gasteiger charge is 2.35. The minimum Gasteiger partial charge on any atom is -0.378 e. The zero-order valence-corrected chi connectivity index (χ0v) is 10.0. The maximum absolute atomic E-state index is 13.6. The van der Waals surface area contributed by atoms with E-state index >= 15 is 0 Å². The molecule has 1 N–H and O–H groups in total. The number of nitrogens with zero attached hydrogens (tertiary/aromatic N) is 1. The molecule has 0 amide bonds. The van der Waals surface area contributed by atoms with Gasteiger partial charge in [-0.1, -0.05) is 18.6 Å². The van der Waals surface area contributed by atoms with Crippen LogP contribution in [0.25, 0.3) is 0 Å². The van der Waals surface area contributed by atoms with Gasteiger partial charge in [0.15, 0.2) is 0 Å². The van der Waals surface area contributed by atoms with Crippen LogP contribution in [0.3, 0.4) is 0 Å². The van der Waals surface area contributed by atoms with E-state index in [4.69, 9.17) is 0 Å². The fourth-order valence-electron chi connectivity index (χ4n) is 3.19. The van der Waals surface area contributed by atoms with Gasteiger partial charge in [-0.05, 0) is 37.9 Å². The lowest BCUT2D eigenvalue weighted by Gasteiger charge is -2.33. The smallest absolute Gasteiger partial charge is 0.146 e. The van der Waals surface area contributed by atoms with Crippen molar-refractivity contribution in [3.63, 3.8) is 0 Å². The van der Waals surface area contributed by atoms with Crippen LogP contribution in [0.5, 0.6) is 0 Å². The van der Waals surface area contributed by atoms with E-state index in [1.165, 1.54) is 31.9 Å². The number of nitrogens with one attached hydrogen (secondary N) is 1. The molecular formula is C14H19FN2. The van der Waals surface area contributed by atoms with Gasteiger partial charge >= 0.3 is 0 Å². The van der Waals surface area contributed by atoms with Crippen molar-refractivity contribution in [2.24, 2.45) is 0 Å². The maximum atomic E-state index is 13.6.